The van der Waals surface area contributed by atoms with Gasteiger partial charge in [-0.2, -0.15) is 43.1 Å². The molecule has 0 saturated carbocycles. The first-order chi connectivity index (χ1) is 28.9. The third kappa shape index (κ3) is 16.9. The summed E-state index contributed by atoms with van der Waals surface area (Å²) in [5, 5.41) is 23.0. The van der Waals surface area contributed by atoms with Crippen LogP contribution in [0.1, 0.15) is 31.9 Å². The quantitative estimate of drug-likeness (QED) is 0.0751. The highest BCUT2D eigenvalue weighted by Gasteiger charge is 2.29. The highest BCUT2D eigenvalue weighted by molar-refractivity contribution is 5.60. The lowest BCUT2D eigenvalue weighted by Crippen LogP contribution is -2.39. The van der Waals surface area contributed by atoms with Gasteiger partial charge in [-0.1, -0.05) is 31.5 Å². The number of aryl methyl sites for hydroxylation is 2. The first-order valence-electron chi connectivity index (χ1n) is 19.7. The van der Waals surface area contributed by atoms with Gasteiger partial charge in [0.05, 0.1) is 38.0 Å². The number of hydrogen-bond donors (Lipinski definition) is 4. The average Bonchev–Trinajstić information content (AvgIpc) is 3.23. The zero-order valence-electron chi connectivity index (χ0n) is 34.5. The van der Waals surface area contributed by atoms with Crippen LogP contribution in [0, 0.1) is 24.0 Å². The number of benzene rings is 2. The molecule has 0 unspecified atom stereocenters. The summed E-state index contributed by atoms with van der Waals surface area (Å²) >= 11 is 0. The van der Waals surface area contributed by atoms with Crippen molar-refractivity contribution in [1.82, 2.24) is 39.7 Å². The van der Waals surface area contributed by atoms with Gasteiger partial charge in [0, 0.05) is 75.9 Å². The van der Waals surface area contributed by atoms with Crippen LogP contribution in [0.15, 0.2) is 42.5 Å². The molecule has 2 aromatic heterocycles. The Hall–Kier alpha value is -5.71. The van der Waals surface area contributed by atoms with Crippen LogP contribution in [0.5, 0.6) is 12.0 Å². The predicted octanol–water partition coefficient (Wildman–Crippen LogP) is 5.61. The minimum atomic E-state index is -4.49. The van der Waals surface area contributed by atoms with Crippen LogP contribution in [0.4, 0.5) is 54.0 Å². The van der Waals surface area contributed by atoms with Crippen LogP contribution in [0.2, 0.25) is 0 Å². The largest absolute Gasteiger partial charge is 0.464 e. The predicted molar refractivity (Wildman–Crippen MR) is 221 cm³/mol. The van der Waals surface area contributed by atoms with Gasteiger partial charge >= 0.3 is 18.2 Å². The molecule has 4 N–H and O–H groups in total. The highest BCUT2D eigenvalue weighted by atomic mass is 19.4. The molecule has 60 heavy (non-hydrogen) atoms. The number of morpholine rings is 2. The number of halogens is 3. The van der Waals surface area contributed by atoms with E-state index in [-0.39, 0.29) is 23.6 Å². The Kier molecular flexibility index (Phi) is 19.1. The number of anilines is 6. The molecule has 0 amide bonds. The maximum absolute atomic E-state index is 12.5. The smallest absolute Gasteiger partial charge is 0.422 e. The zero-order valence-corrected chi connectivity index (χ0v) is 34.5. The van der Waals surface area contributed by atoms with Crippen LogP contribution in [-0.2, 0) is 9.47 Å². The molecule has 22 heteroatoms. The summed E-state index contributed by atoms with van der Waals surface area (Å²) in [6.45, 7) is 17.8. The SMILES string of the molecule is CC.CCOc1nc(NCCN2CCOCC2)nc(Nc2ccc([N+](=O)[O-])cc2)n1.Cc1ccc(Nc2nc(NCCN3CCOCC3)nc(OCC(F)(F)F)n2)c(C)c1. The number of nitro groups is 1. The first-order valence-corrected chi connectivity index (χ1v) is 19.7. The summed E-state index contributed by atoms with van der Waals surface area (Å²) in [6, 6.07) is 11.6. The zero-order chi connectivity index (χ0) is 43.3. The number of nitro benzene ring substituents is 1. The summed E-state index contributed by atoms with van der Waals surface area (Å²) in [6.07, 6.45) is -4.49. The number of aromatic nitrogens is 6. The van der Waals surface area contributed by atoms with E-state index in [2.05, 4.69) is 61.0 Å². The summed E-state index contributed by atoms with van der Waals surface area (Å²) in [5.74, 6) is 0.933. The number of nitrogens with one attached hydrogen (secondary N) is 4. The van der Waals surface area contributed by atoms with E-state index in [1.165, 1.54) is 12.1 Å². The van der Waals surface area contributed by atoms with Crippen LogP contribution >= 0.6 is 0 Å². The highest BCUT2D eigenvalue weighted by Crippen LogP contribution is 2.23. The van der Waals surface area contributed by atoms with E-state index in [1.807, 2.05) is 52.8 Å². The molecule has 0 aliphatic carbocycles. The molecule has 0 bridgehead atoms. The van der Waals surface area contributed by atoms with Gasteiger partial charge in [0.1, 0.15) is 0 Å². The topological polar surface area (TPSA) is 212 Å². The van der Waals surface area contributed by atoms with Gasteiger partial charge in [-0.05, 0) is 44.5 Å². The summed E-state index contributed by atoms with van der Waals surface area (Å²) in [5.41, 5.74) is 3.43. The van der Waals surface area contributed by atoms with E-state index >= 15 is 0 Å². The molecular weight excluding hydrogens is 791 g/mol. The fourth-order valence-corrected chi connectivity index (χ4v) is 5.56. The molecular formula is C38H54F3N13O6. The van der Waals surface area contributed by atoms with Gasteiger partial charge in [0.2, 0.25) is 23.8 Å². The fraction of sp³-hybridized carbons (Fsp3) is 0.526. The van der Waals surface area contributed by atoms with E-state index in [1.54, 1.807) is 12.1 Å². The number of hydrogen-bond acceptors (Lipinski definition) is 18. The van der Waals surface area contributed by atoms with E-state index in [4.69, 9.17) is 18.9 Å². The number of ether oxygens (including phenoxy) is 4. The van der Waals surface area contributed by atoms with Crippen molar-refractivity contribution < 1.29 is 37.0 Å². The van der Waals surface area contributed by atoms with Crippen LogP contribution in [0.3, 0.4) is 0 Å². The van der Waals surface area contributed by atoms with Crippen molar-refractivity contribution in [3.63, 3.8) is 0 Å². The molecule has 4 aromatic rings. The van der Waals surface area contributed by atoms with Crippen molar-refractivity contribution in [3.05, 3.63) is 63.7 Å². The molecule has 0 spiro atoms. The van der Waals surface area contributed by atoms with Crippen LogP contribution in [-0.4, -0.2) is 143 Å². The minimum absolute atomic E-state index is 0.0154. The molecule has 6 rings (SSSR count). The maximum atomic E-state index is 12.5. The van der Waals surface area contributed by atoms with Crippen molar-refractivity contribution >= 4 is 40.9 Å². The molecule has 0 radical (unpaired) electrons. The molecule has 0 atom stereocenters. The molecule has 19 nitrogen and oxygen atoms in total. The Morgan fingerprint density at radius 3 is 1.72 bits per heavy atom. The molecule has 328 valence electrons. The van der Waals surface area contributed by atoms with Crippen molar-refractivity contribution in [2.24, 2.45) is 0 Å². The summed E-state index contributed by atoms with van der Waals surface area (Å²) in [7, 11) is 0. The second-order valence-electron chi connectivity index (χ2n) is 13.0. The van der Waals surface area contributed by atoms with Gasteiger partial charge in [-0.15, -0.1) is 0 Å². The Morgan fingerprint density at radius 1 is 0.733 bits per heavy atom. The molecule has 2 saturated heterocycles. The van der Waals surface area contributed by atoms with E-state index < -0.39 is 23.7 Å². The third-order valence-corrected chi connectivity index (χ3v) is 8.46. The fourth-order valence-electron chi connectivity index (χ4n) is 5.56. The van der Waals surface area contributed by atoms with Crippen LogP contribution in [0.25, 0.3) is 0 Å². The van der Waals surface area contributed by atoms with Crippen molar-refractivity contribution in [3.8, 4) is 12.0 Å². The maximum Gasteiger partial charge on any atom is 0.422 e. The van der Waals surface area contributed by atoms with E-state index in [0.29, 0.717) is 50.5 Å². The van der Waals surface area contributed by atoms with E-state index in [0.717, 1.165) is 69.3 Å². The lowest BCUT2D eigenvalue weighted by molar-refractivity contribution is -0.384. The Morgan fingerprint density at radius 2 is 1.23 bits per heavy atom. The van der Waals surface area contributed by atoms with Gasteiger partial charge in [0.25, 0.3) is 5.69 Å². The van der Waals surface area contributed by atoms with Crippen molar-refractivity contribution in [1.29, 1.82) is 0 Å². The van der Waals surface area contributed by atoms with Gasteiger partial charge in [-0.3, -0.25) is 19.9 Å². The summed E-state index contributed by atoms with van der Waals surface area (Å²) < 4.78 is 58.4. The monoisotopic (exact) mass is 845 g/mol. The second kappa shape index (κ2) is 24.4. The van der Waals surface area contributed by atoms with Crippen LogP contribution < -0.4 is 30.7 Å². The lowest BCUT2D eigenvalue weighted by atomic mass is 10.1. The Balaban J connectivity index is 0.000000255. The Bertz CT molecular complexity index is 1900. The Labute approximate surface area is 347 Å². The third-order valence-electron chi connectivity index (χ3n) is 8.46. The van der Waals surface area contributed by atoms with Gasteiger partial charge < -0.3 is 40.2 Å². The van der Waals surface area contributed by atoms with Gasteiger partial charge in [0.15, 0.2) is 6.61 Å². The summed E-state index contributed by atoms with van der Waals surface area (Å²) in [4.78, 5) is 39.9. The standard InChI is InChI=1S/C19H25F3N6O2.C17H23N7O4.C2H6/c1-13-3-4-15(14(2)11-13)24-17-25-16(23-5-6-28-7-9-29-10-8-28)26-18(27-17)30-12-19(20,21)22;1-2-28-17-21-15(18-7-8-23-9-11-27-12-10-23)20-16(22-17)19-13-3-5-14(6-4-13)24(25)26;1-2/h3-4,11H,5-10,12H2,1-2H3,(H2,23,24,25,26,27);3-6H,2,7-12H2,1H3,(H2,18,19,20,21,22);1-2H3. The van der Waals surface area contributed by atoms with Gasteiger partial charge in [-0.25, -0.2) is 0 Å². The molecule has 2 aliphatic heterocycles. The molecule has 2 aromatic carbocycles. The molecule has 2 aliphatic rings. The number of alkyl halides is 3. The number of nitrogens with zero attached hydrogens (tertiary/aromatic N) is 9. The van der Waals surface area contributed by atoms with Crippen molar-refractivity contribution in [2.75, 3.05) is 113 Å². The number of non-ortho nitro benzene ring substituents is 1. The molecule has 2 fully saturated rings. The average molecular weight is 846 g/mol. The second-order valence-corrected chi connectivity index (χ2v) is 13.0. The lowest BCUT2D eigenvalue weighted by Gasteiger charge is -2.26. The minimum Gasteiger partial charge on any atom is -0.464 e. The normalized spacial score (nSPS) is 14.4. The van der Waals surface area contributed by atoms with Crippen molar-refractivity contribution in [2.45, 2.75) is 40.8 Å². The first kappa shape index (κ1) is 47.0. The van der Waals surface area contributed by atoms with E-state index in [9.17, 15) is 23.3 Å². The molecule has 4 heterocycles. The number of rotatable bonds is 17.